The van der Waals surface area contributed by atoms with Gasteiger partial charge in [0.05, 0.1) is 5.92 Å². The van der Waals surface area contributed by atoms with Gasteiger partial charge in [-0.1, -0.05) is 31.9 Å². The van der Waals surface area contributed by atoms with Crippen molar-refractivity contribution >= 4 is 5.97 Å². The molecule has 5 heteroatoms. The molecule has 0 aliphatic heterocycles. The number of benzene rings is 2. The molecule has 0 aliphatic rings. The first-order valence-corrected chi connectivity index (χ1v) is 9.37. The zero-order chi connectivity index (χ0) is 19.6. The van der Waals surface area contributed by atoms with Crippen molar-refractivity contribution in [3.8, 4) is 5.75 Å². The van der Waals surface area contributed by atoms with Crippen molar-refractivity contribution in [1.29, 1.82) is 0 Å². The minimum absolute atomic E-state index is 0.107. The maximum atomic E-state index is 13.2. The highest BCUT2D eigenvalue weighted by molar-refractivity contribution is 5.69. The molecule has 2 aromatic rings. The third-order valence-electron chi connectivity index (χ3n) is 4.61. The predicted octanol–water partition coefficient (Wildman–Crippen LogP) is 5.76. The summed E-state index contributed by atoms with van der Waals surface area (Å²) in [5.74, 6) is -1.51. The molecule has 0 amide bonds. The number of carboxylic acid groups (broad SMARTS) is 1. The number of hydrogen-bond acceptors (Lipinski definition) is 2. The van der Waals surface area contributed by atoms with E-state index in [-0.39, 0.29) is 12.5 Å². The number of halogens is 2. The Morgan fingerprint density at radius 1 is 1.00 bits per heavy atom. The number of rotatable bonds is 11. The zero-order valence-corrected chi connectivity index (χ0v) is 15.6. The third kappa shape index (κ3) is 7.37. The van der Waals surface area contributed by atoms with E-state index in [0.717, 1.165) is 38.2 Å². The summed E-state index contributed by atoms with van der Waals surface area (Å²) in [6.07, 6.45) is 5.29. The van der Waals surface area contributed by atoms with Gasteiger partial charge in [0.15, 0.2) is 0 Å². The van der Waals surface area contributed by atoms with E-state index < -0.39 is 17.6 Å². The molecule has 3 nitrogen and oxygen atoms in total. The molecule has 0 aliphatic carbocycles. The molecular formula is C22H26F2O3. The second-order valence-electron chi connectivity index (χ2n) is 6.75. The lowest BCUT2D eigenvalue weighted by Crippen LogP contribution is -2.12. The van der Waals surface area contributed by atoms with E-state index in [1.807, 2.05) is 31.2 Å². The van der Waals surface area contributed by atoms with Gasteiger partial charge < -0.3 is 9.84 Å². The summed E-state index contributed by atoms with van der Waals surface area (Å²) in [7, 11) is 0. The van der Waals surface area contributed by atoms with Crippen molar-refractivity contribution in [2.24, 2.45) is 5.92 Å². The zero-order valence-electron chi connectivity index (χ0n) is 15.6. The van der Waals surface area contributed by atoms with E-state index in [4.69, 9.17) is 9.84 Å². The fourth-order valence-electron chi connectivity index (χ4n) is 3.01. The van der Waals surface area contributed by atoms with Crippen LogP contribution in [0.3, 0.4) is 0 Å². The van der Waals surface area contributed by atoms with Gasteiger partial charge in [0, 0.05) is 6.07 Å². The molecule has 0 heterocycles. The lowest BCUT2D eigenvalue weighted by atomic mass is 9.98. The largest absolute Gasteiger partial charge is 0.489 e. The standard InChI is InChI=1S/C22H26F2O3/c1-2-18(22(25)26)7-5-3-4-6-16-8-10-21(11-9-16)27-15-17-12-19(23)14-20(24)13-17/h8-14,18H,2-7,15H2,1H3,(H,25,26). The fraction of sp³-hybridized carbons (Fsp3) is 0.409. The Bertz CT molecular complexity index is 709. The van der Waals surface area contributed by atoms with Crippen LogP contribution in [0, 0.1) is 17.6 Å². The summed E-state index contributed by atoms with van der Waals surface area (Å²) in [5.41, 5.74) is 1.63. The monoisotopic (exact) mass is 376 g/mol. The fourth-order valence-corrected chi connectivity index (χ4v) is 3.01. The molecular weight excluding hydrogens is 350 g/mol. The van der Waals surface area contributed by atoms with Gasteiger partial charge >= 0.3 is 5.97 Å². The summed E-state index contributed by atoms with van der Waals surface area (Å²) in [5, 5.41) is 9.03. The Hall–Kier alpha value is -2.43. The predicted molar refractivity (Wildman–Crippen MR) is 101 cm³/mol. The van der Waals surface area contributed by atoms with E-state index in [9.17, 15) is 13.6 Å². The van der Waals surface area contributed by atoms with Crippen molar-refractivity contribution in [3.05, 3.63) is 65.2 Å². The Balaban J connectivity index is 1.71. The minimum atomic E-state index is -0.700. The van der Waals surface area contributed by atoms with E-state index >= 15 is 0 Å². The number of ether oxygens (including phenoxy) is 1. The summed E-state index contributed by atoms with van der Waals surface area (Å²) >= 11 is 0. The van der Waals surface area contributed by atoms with Gasteiger partial charge in [0.2, 0.25) is 0 Å². The molecule has 0 saturated carbocycles. The Morgan fingerprint density at radius 3 is 2.26 bits per heavy atom. The number of unbranched alkanes of at least 4 members (excludes halogenated alkanes) is 2. The van der Waals surface area contributed by atoms with E-state index in [1.54, 1.807) is 0 Å². The Morgan fingerprint density at radius 2 is 1.67 bits per heavy atom. The van der Waals surface area contributed by atoms with Gasteiger partial charge in [0.25, 0.3) is 0 Å². The molecule has 0 radical (unpaired) electrons. The second kappa shape index (κ2) is 10.7. The van der Waals surface area contributed by atoms with E-state index in [1.165, 1.54) is 17.7 Å². The molecule has 2 aromatic carbocycles. The number of aliphatic carboxylic acids is 1. The molecule has 0 bridgehead atoms. The quantitative estimate of drug-likeness (QED) is 0.507. The molecule has 1 atom stereocenters. The van der Waals surface area contributed by atoms with Gasteiger partial charge in [0.1, 0.15) is 24.0 Å². The van der Waals surface area contributed by atoms with E-state index in [2.05, 4.69) is 0 Å². The van der Waals surface area contributed by atoms with Crippen LogP contribution in [-0.2, 0) is 17.8 Å². The van der Waals surface area contributed by atoms with Crippen LogP contribution in [0.4, 0.5) is 8.78 Å². The average Bonchev–Trinajstić information content (AvgIpc) is 2.63. The van der Waals surface area contributed by atoms with Crippen LogP contribution in [0.2, 0.25) is 0 Å². The Labute approximate surface area is 159 Å². The smallest absolute Gasteiger partial charge is 0.306 e. The van der Waals surface area contributed by atoms with Crippen molar-refractivity contribution < 1.29 is 23.4 Å². The highest BCUT2D eigenvalue weighted by Gasteiger charge is 2.13. The number of carboxylic acids is 1. The van der Waals surface area contributed by atoms with Crippen molar-refractivity contribution in [1.82, 2.24) is 0 Å². The average molecular weight is 376 g/mol. The van der Waals surface area contributed by atoms with Gasteiger partial charge in [-0.25, -0.2) is 8.78 Å². The maximum Gasteiger partial charge on any atom is 0.306 e. The van der Waals surface area contributed by atoms with E-state index in [0.29, 0.717) is 17.7 Å². The summed E-state index contributed by atoms with van der Waals surface area (Å²) in [6, 6.07) is 11.0. The first-order valence-electron chi connectivity index (χ1n) is 9.37. The number of carbonyl (C=O) groups is 1. The maximum absolute atomic E-state index is 13.2. The summed E-state index contributed by atoms with van der Waals surface area (Å²) in [4.78, 5) is 11.0. The highest BCUT2D eigenvalue weighted by atomic mass is 19.1. The van der Waals surface area contributed by atoms with Crippen LogP contribution in [0.1, 0.15) is 50.2 Å². The molecule has 0 spiro atoms. The van der Waals surface area contributed by atoms with Crippen molar-refractivity contribution in [2.75, 3.05) is 0 Å². The molecule has 0 aromatic heterocycles. The second-order valence-corrected chi connectivity index (χ2v) is 6.75. The van der Waals surface area contributed by atoms with Gasteiger partial charge in [-0.3, -0.25) is 4.79 Å². The van der Waals surface area contributed by atoms with Crippen LogP contribution in [-0.4, -0.2) is 11.1 Å². The Kier molecular flexibility index (Phi) is 8.24. The number of hydrogen-bond donors (Lipinski definition) is 1. The third-order valence-corrected chi connectivity index (χ3v) is 4.61. The SMILES string of the molecule is CCC(CCCCCc1ccc(OCc2cc(F)cc(F)c2)cc1)C(=O)O. The molecule has 146 valence electrons. The van der Waals surface area contributed by atoms with Crippen molar-refractivity contribution in [3.63, 3.8) is 0 Å². The van der Waals surface area contributed by atoms with Crippen LogP contribution in [0.15, 0.2) is 42.5 Å². The van der Waals surface area contributed by atoms with Crippen molar-refractivity contribution in [2.45, 2.75) is 52.1 Å². The molecule has 0 fully saturated rings. The summed E-state index contributed by atoms with van der Waals surface area (Å²) in [6.45, 7) is 2.02. The molecule has 27 heavy (non-hydrogen) atoms. The molecule has 2 rings (SSSR count). The topological polar surface area (TPSA) is 46.5 Å². The van der Waals surface area contributed by atoms with Crippen LogP contribution in [0.25, 0.3) is 0 Å². The van der Waals surface area contributed by atoms with Crippen LogP contribution >= 0.6 is 0 Å². The lowest BCUT2D eigenvalue weighted by molar-refractivity contribution is -0.142. The van der Waals surface area contributed by atoms with Crippen LogP contribution < -0.4 is 4.74 Å². The van der Waals surface area contributed by atoms with Gasteiger partial charge in [-0.15, -0.1) is 0 Å². The molecule has 0 saturated heterocycles. The summed E-state index contributed by atoms with van der Waals surface area (Å²) < 4.78 is 31.9. The van der Waals surface area contributed by atoms with Crippen LogP contribution in [0.5, 0.6) is 5.75 Å². The lowest BCUT2D eigenvalue weighted by Gasteiger charge is -2.09. The molecule has 1 unspecified atom stereocenters. The van der Waals surface area contributed by atoms with Gasteiger partial charge in [-0.2, -0.15) is 0 Å². The minimum Gasteiger partial charge on any atom is -0.489 e. The first-order chi connectivity index (χ1) is 13.0. The normalized spacial score (nSPS) is 12.0. The molecule has 1 N–H and O–H groups in total. The van der Waals surface area contributed by atoms with Gasteiger partial charge in [-0.05, 0) is 61.1 Å². The first kappa shape index (κ1) is 20.9. The highest BCUT2D eigenvalue weighted by Crippen LogP contribution is 2.18. The number of aryl methyl sites for hydroxylation is 1.